The second-order valence-corrected chi connectivity index (χ2v) is 5.64. The lowest BCUT2D eigenvalue weighted by Crippen LogP contribution is -2.63. The van der Waals surface area contributed by atoms with E-state index in [1.165, 1.54) is 0 Å². The number of nitrogens with zero attached hydrogens (tertiary/aromatic N) is 4. The van der Waals surface area contributed by atoms with E-state index in [0.717, 1.165) is 32.1 Å². The fourth-order valence-corrected chi connectivity index (χ4v) is 3.42. The summed E-state index contributed by atoms with van der Waals surface area (Å²) in [6.45, 7) is 1.11. The highest BCUT2D eigenvalue weighted by atomic mass is 16.1. The van der Waals surface area contributed by atoms with Crippen molar-refractivity contribution in [3.05, 3.63) is 10.4 Å². The number of fused-ring (bicyclic) bond motifs is 2. The SMILES string of the molecule is CN1C2CCC1CC(NCCCN=[N+]=[N-])(C(N)=O)C2. The monoisotopic (exact) mass is 266 g/mol. The number of nitrogens with one attached hydrogen (secondary N) is 1. The van der Waals surface area contributed by atoms with Gasteiger partial charge in [-0.15, -0.1) is 0 Å². The Morgan fingerprint density at radius 2 is 2.16 bits per heavy atom. The van der Waals surface area contributed by atoms with Gasteiger partial charge in [0, 0.05) is 23.5 Å². The first-order valence-electron chi connectivity index (χ1n) is 6.87. The smallest absolute Gasteiger partial charge is 0.237 e. The number of primary amides is 1. The first kappa shape index (κ1) is 14.1. The molecule has 2 unspecified atom stereocenters. The third-order valence-corrected chi connectivity index (χ3v) is 4.59. The summed E-state index contributed by atoms with van der Waals surface area (Å²) in [5.74, 6) is -0.249. The third kappa shape index (κ3) is 2.83. The van der Waals surface area contributed by atoms with Crippen molar-refractivity contribution in [2.45, 2.75) is 49.7 Å². The van der Waals surface area contributed by atoms with Crippen LogP contribution in [0.4, 0.5) is 0 Å². The molecule has 7 heteroatoms. The minimum Gasteiger partial charge on any atom is -0.368 e. The van der Waals surface area contributed by atoms with E-state index in [9.17, 15) is 4.79 Å². The Kier molecular flexibility index (Phi) is 4.29. The van der Waals surface area contributed by atoms with Gasteiger partial charge in [-0.1, -0.05) is 5.11 Å². The number of piperidine rings is 1. The highest BCUT2D eigenvalue weighted by Crippen LogP contribution is 2.39. The summed E-state index contributed by atoms with van der Waals surface area (Å²) < 4.78 is 0. The van der Waals surface area contributed by atoms with Crippen LogP contribution in [0.15, 0.2) is 5.11 Å². The molecule has 0 radical (unpaired) electrons. The zero-order valence-corrected chi connectivity index (χ0v) is 11.4. The summed E-state index contributed by atoms with van der Waals surface area (Å²) >= 11 is 0. The van der Waals surface area contributed by atoms with Crippen molar-refractivity contribution in [3.8, 4) is 0 Å². The molecule has 0 aromatic rings. The molecule has 0 aromatic carbocycles. The Morgan fingerprint density at radius 1 is 1.53 bits per heavy atom. The van der Waals surface area contributed by atoms with E-state index in [-0.39, 0.29) is 5.91 Å². The molecule has 2 bridgehead atoms. The lowest BCUT2D eigenvalue weighted by molar-refractivity contribution is -0.127. The highest BCUT2D eigenvalue weighted by molar-refractivity contribution is 5.85. The molecule has 0 saturated carbocycles. The molecule has 1 amide bonds. The van der Waals surface area contributed by atoms with Gasteiger partial charge < -0.3 is 16.0 Å². The number of carbonyl (C=O) groups excluding carboxylic acids is 1. The quantitative estimate of drug-likeness (QED) is 0.320. The molecule has 2 aliphatic rings. The fourth-order valence-electron chi connectivity index (χ4n) is 3.42. The van der Waals surface area contributed by atoms with Crippen LogP contribution < -0.4 is 11.1 Å². The molecule has 0 spiro atoms. The molecule has 7 nitrogen and oxygen atoms in total. The zero-order valence-electron chi connectivity index (χ0n) is 11.4. The molecule has 2 heterocycles. The second-order valence-electron chi connectivity index (χ2n) is 5.64. The van der Waals surface area contributed by atoms with E-state index >= 15 is 0 Å². The Bertz CT molecular complexity index is 378. The van der Waals surface area contributed by atoms with Gasteiger partial charge in [0.2, 0.25) is 5.91 Å². The highest BCUT2D eigenvalue weighted by Gasteiger charge is 2.49. The van der Waals surface area contributed by atoms with E-state index in [0.29, 0.717) is 25.2 Å². The van der Waals surface area contributed by atoms with Gasteiger partial charge in [-0.05, 0) is 51.2 Å². The molecular weight excluding hydrogens is 244 g/mol. The maximum Gasteiger partial charge on any atom is 0.237 e. The molecular formula is C12H22N6O. The van der Waals surface area contributed by atoms with Crippen molar-refractivity contribution in [1.29, 1.82) is 0 Å². The topological polar surface area (TPSA) is 107 Å². The zero-order chi connectivity index (χ0) is 13.9. The van der Waals surface area contributed by atoms with Crippen LogP contribution in [0.1, 0.15) is 32.1 Å². The lowest BCUT2D eigenvalue weighted by atomic mass is 9.82. The van der Waals surface area contributed by atoms with E-state index in [1.807, 2.05) is 0 Å². The van der Waals surface area contributed by atoms with Gasteiger partial charge in [-0.3, -0.25) is 4.79 Å². The summed E-state index contributed by atoms with van der Waals surface area (Å²) in [6, 6.07) is 0.909. The summed E-state index contributed by atoms with van der Waals surface area (Å²) in [6.07, 6.45) is 4.60. The molecule has 2 saturated heterocycles. The predicted molar refractivity (Wildman–Crippen MR) is 72.4 cm³/mol. The lowest BCUT2D eigenvalue weighted by Gasteiger charge is -2.44. The van der Waals surface area contributed by atoms with Crippen LogP contribution in [0, 0.1) is 0 Å². The number of nitrogens with two attached hydrogens (primary N) is 1. The van der Waals surface area contributed by atoms with E-state index in [4.69, 9.17) is 11.3 Å². The molecule has 2 fully saturated rings. The summed E-state index contributed by atoms with van der Waals surface area (Å²) in [5, 5.41) is 6.82. The minimum atomic E-state index is -0.575. The van der Waals surface area contributed by atoms with Crippen molar-refractivity contribution >= 4 is 5.91 Å². The number of rotatable bonds is 6. The maximum absolute atomic E-state index is 11.9. The van der Waals surface area contributed by atoms with Crippen molar-refractivity contribution < 1.29 is 4.79 Å². The van der Waals surface area contributed by atoms with Gasteiger partial charge in [-0.25, -0.2) is 0 Å². The average molecular weight is 266 g/mol. The van der Waals surface area contributed by atoms with Crippen LogP contribution in [-0.4, -0.2) is 48.6 Å². The van der Waals surface area contributed by atoms with Crippen molar-refractivity contribution in [2.75, 3.05) is 20.1 Å². The van der Waals surface area contributed by atoms with Gasteiger partial charge in [-0.2, -0.15) is 0 Å². The van der Waals surface area contributed by atoms with Crippen LogP contribution in [0.3, 0.4) is 0 Å². The van der Waals surface area contributed by atoms with Crippen LogP contribution in [0.5, 0.6) is 0 Å². The van der Waals surface area contributed by atoms with E-state index in [1.54, 1.807) is 0 Å². The standard InChI is InChI=1S/C12H22N6O/c1-18-9-3-4-10(18)8-12(7-9,11(13)19)15-5-2-6-16-17-14/h9-10,15H,2-8H2,1H3,(H2,13,19). The van der Waals surface area contributed by atoms with Gasteiger partial charge in [0.15, 0.2) is 0 Å². The Hall–Kier alpha value is -1.30. The number of carbonyl (C=O) groups is 1. The number of hydrogen-bond donors (Lipinski definition) is 2. The molecule has 19 heavy (non-hydrogen) atoms. The number of amides is 1. The normalized spacial score (nSPS) is 33.9. The molecule has 0 aliphatic carbocycles. The Balaban J connectivity index is 1.96. The summed E-state index contributed by atoms with van der Waals surface area (Å²) in [7, 11) is 2.13. The first-order chi connectivity index (χ1) is 9.09. The largest absolute Gasteiger partial charge is 0.368 e. The van der Waals surface area contributed by atoms with Gasteiger partial charge in [0.05, 0.1) is 0 Å². The molecule has 0 aromatic heterocycles. The Labute approximate surface area is 113 Å². The van der Waals surface area contributed by atoms with Crippen LogP contribution in [-0.2, 0) is 4.79 Å². The summed E-state index contributed by atoms with van der Waals surface area (Å²) in [5.41, 5.74) is 13.3. The molecule has 3 N–H and O–H groups in total. The third-order valence-electron chi connectivity index (χ3n) is 4.59. The van der Waals surface area contributed by atoms with Crippen molar-refractivity contribution in [2.24, 2.45) is 10.8 Å². The second kappa shape index (κ2) is 5.77. The van der Waals surface area contributed by atoms with Crippen molar-refractivity contribution in [3.63, 3.8) is 0 Å². The fraction of sp³-hybridized carbons (Fsp3) is 0.917. The van der Waals surface area contributed by atoms with Gasteiger partial charge >= 0.3 is 0 Å². The molecule has 2 atom stereocenters. The molecule has 2 rings (SSSR count). The van der Waals surface area contributed by atoms with E-state index < -0.39 is 5.54 Å². The van der Waals surface area contributed by atoms with Gasteiger partial charge in [0.25, 0.3) is 0 Å². The Morgan fingerprint density at radius 3 is 2.68 bits per heavy atom. The minimum absolute atomic E-state index is 0.249. The predicted octanol–water partition coefficient (Wildman–Crippen LogP) is 0.757. The average Bonchev–Trinajstić information content (AvgIpc) is 2.63. The summed E-state index contributed by atoms with van der Waals surface area (Å²) in [4.78, 5) is 17.0. The van der Waals surface area contributed by atoms with Crippen LogP contribution in [0.2, 0.25) is 0 Å². The first-order valence-corrected chi connectivity index (χ1v) is 6.87. The van der Waals surface area contributed by atoms with Crippen LogP contribution >= 0.6 is 0 Å². The van der Waals surface area contributed by atoms with Gasteiger partial charge in [0.1, 0.15) is 5.54 Å². The number of hydrogen-bond acceptors (Lipinski definition) is 4. The van der Waals surface area contributed by atoms with Crippen LogP contribution in [0.25, 0.3) is 10.4 Å². The van der Waals surface area contributed by atoms with Crippen molar-refractivity contribution in [1.82, 2.24) is 10.2 Å². The number of azide groups is 1. The molecule has 2 aliphatic heterocycles. The molecule has 106 valence electrons. The van der Waals surface area contributed by atoms with E-state index in [2.05, 4.69) is 27.3 Å². The maximum atomic E-state index is 11.9.